The molecule has 0 saturated heterocycles. The van der Waals surface area contributed by atoms with Gasteiger partial charge < -0.3 is 0 Å². The molecule has 4 nitrogen and oxygen atoms in total. The van der Waals surface area contributed by atoms with Gasteiger partial charge in [-0.2, -0.15) is 5.10 Å². The molecule has 1 aromatic heterocycles. The van der Waals surface area contributed by atoms with Gasteiger partial charge >= 0.3 is 5.69 Å². The average Bonchev–Trinajstić information content (AvgIpc) is 2.34. The van der Waals surface area contributed by atoms with E-state index in [1.807, 2.05) is 5.10 Å². The first-order valence-corrected chi connectivity index (χ1v) is 3.21. The Hall–Kier alpha value is -1.46. The van der Waals surface area contributed by atoms with Gasteiger partial charge in [-0.15, -0.1) is 6.58 Å². The Morgan fingerprint density at radius 3 is 2.92 bits per heavy atom. The number of aromatic amines is 1. The van der Waals surface area contributed by atoms with Gasteiger partial charge in [0.05, 0.1) is 0 Å². The van der Waals surface area contributed by atoms with Crippen molar-refractivity contribution in [3.8, 4) is 0 Å². The van der Waals surface area contributed by atoms with Crippen molar-refractivity contribution in [1.29, 1.82) is 0 Å². The normalized spacial score (nSPS) is 10.6. The summed E-state index contributed by atoms with van der Waals surface area (Å²) >= 11 is 0. The summed E-state index contributed by atoms with van der Waals surface area (Å²) < 4.78 is 25.0. The van der Waals surface area contributed by atoms with Crippen molar-refractivity contribution in [2.75, 3.05) is 0 Å². The Morgan fingerprint density at radius 2 is 2.42 bits per heavy atom. The topological polar surface area (TPSA) is 50.7 Å². The van der Waals surface area contributed by atoms with E-state index in [4.69, 9.17) is 0 Å². The highest BCUT2D eigenvalue weighted by atomic mass is 19.3. The maximum Gasteiger partial charge on any atom is 0.343 e. The second kappa shape index (κ2) is 3.29. The number of aromatic nitrogens is 3. The molecule has 0 radical (unpaired) electrons. The van der Waals surface area contributed by atoms with Crippen LogP contribution < -0.4 is 5.69 Å². The summed E-state index contributed by atoms with van der Waals surface area (Å²) in [6.07, 6.45) is -1.40. The molecule has 0 saturated carbocycles. The standard InChI is InChI=1S/C6H7F2N3O/c1-2-3-11-5(4(7)8)9-10-6(11)12/h2,4H,1,3H2,(H,10,12). The zero-order valence-corrected chi connectivity index (χ0v) is 6.13. The third-order valence-corrected chi connectivity index (χ3v) is 1.29. The summed E-state index contributed by atoms with van der Waals surface area (Å²) in [7, 11) is 0. The fourth-order valence-corrected chi connectivity index (χ4v) is 0.802. The van der Waals surface area contributed by atoms with Crippen LogP contribution in [-0.4, -0.2) is 14.8 Å². The third kappa shape index (κ3) is 1.41. The van der Waals surface area contributed by atoms with Crippen molar-refractivity contribution in [3.63, 3.8) is 0 Å². The highest BCUT2D eigenvalue weighted by Gasteiger charge is 2.16. The van der Waals surface area contributed by atoms with E-state index in [1.165, 1.54) is 6.08 Å². The van der Waals surface area contributed by atoms with Gasteiger partial charge in [0.1, 0.15) is 0 Å². The zero-order chi connectivity index (χ0) is 9.14. The molecule has 0 spiro atoms. The number of rotatable bonds is 3. The number of allylic oxidation sites excluding steroid dienone is 1. The Bertz CT molecular complexity index is 328. The number of hydrogen-bond acceptors (Lipinski definition) is 2. The number of nitrogens with one attached hydrogen (secondary N) is 1. The van der Waals surface area contributed by atoms with Crippen LogP contribution in [0.15, 0.2) is 17.4 Å². The lowest BCUT2D eigenvalue weighted by Gasteiger charge is -1.99. The van der Waals surface area contributed by atoms with Crippen LogP contribution in [0.1, 0.15) is 12.2 Å². The van der Waals surface area contributed by atoms with Crippen LogP contribution in [0.5, 0.6) is 0 Å². The first kappa shape index (κ1) is 8.63. The highest BCUT2D eigenvalue weighted by Crippen LogP contribution is 2.13. The van der Waals surface area contributed by atoms with Crippen LogP contribution in [-0.2, 0) is 6.54 Å². The van der Waals surface area contributed by atoms with Crippen LogP contribution in [0, 0.1) is 0 Å². The number of halogens is 2. The van der Waals surface area contributed by atoms with Gasteiger partial charge in [0.2, 0.25) is 5.82 Å². The molecule has 0 bridgehead atoms. The van der Waals surface area contributed by atoms with Crippen LogP contribution in [0.3, 0.4) is 0 Å². The molecular weight excluding hydrogens is 168 g/mol. The first-order valence-electron chi connectivity index (χ1n) is 3.21. The Morgan fingerprint density at radius 1 is 1.75 bits per heavy atom. The molecule has 0 fully saturated rings. The lowest BCUT2D eigenvalue weighted by atomic mass is 10.5. The zero-order valence-electron chi connectivity index (χ0n) is 6.13. The van der Waals surface area contributed by atoms with Gasteiger partial charge in [-0.25, -0.2) is 18.7 Å². The second-order valence-electron chi connectivity index (χ2n) is 2.09. The monoisotopic (exact) mass is 175 g/mol. The van der Waals surface area contributed by atoms with Gasteiger partial charge in [-0.3, -0.25) is 4.57 Å². The fourth-order valence-electron chi connectivity index (χ4n) is 0.802. The minimum absolute atomic E-state index is 0.0367. The van der Waals surface area contributed by atoms with E-state index in [9.17, 15) is 13.6 Å². The minimum Gasteiger partial charge on any atom is -0.270 e. The molecule has 6 heteroatoms. The number of H-pyrrole nitrogens is 1. The predicted molar refractivity (Wildman–Crippen MR) is 38.0 cm³/mol. The quantitative estimate of drug-likeness (QED) is 0.687. The molecule has 1 heterocycles. The lowest BCUT2D eigenvalue weighted by molar-refractivity contribution is 0.135. The SMILES string of the molecule is C=CCn1c(C(F)F)n[nH]c1=O. The molecule has 1 N–H and O–H groups in total. The number of hydrogen-bond donors (Lipinski definition) is 1. The summed E-state index contributed by atoms with van der Waals surface area (Å²) in [5, 5.41) is 5.09. The maximum absolute atomic E-state index is 12.1. The fraction of sp³-hybridized carbons (Fsp3) is 0.333. The van der Waals surface area contributed by atoms with Crippen LogP contribution in [0.25, 0.3) is 0 Å². The first-order chi connectivity index (χ1) is 5.66. The summed E-state index contributed by atoms with van der Waals surface area (Å²) in [4.78, 5) is 10.8. The largest absolute Gasteiger partial charge is 0.343 e. The average molecular weight is 175 g/mol. The van der Waals surface area contributed by atoms with Crippen molar-refractivity contribution in [2.45, 2.75) is 13.0 Å². The molecule has 66 valence electrons. The molecule has 0 aromatic carbocycles. The highest BCUT2D eigenvalue weighted by molar-refractivity contribution is 4.89. The lowest BCUT2D eigenvalue weighted by Crippen LogP contribution is -2.18. The Balaban J connectivity index is 3.12. The Labute approximate surface area is 66.5 Å². The van der Waals surface area contributed by atoms with E-state index in [0.29, 0.717) is 0 Å². The molecule has 0 unspecified atom stereocenters. The van der Waals surface area contributed by atoms with E-state index in [-0.39, 0.29) is 6.54 Å². The molecule has 1 rings (SSSR count). The van der Waals surface area contributed by atoms with Crippen LogP contribution in [0.2, 0.25) is 0 Å². The van der Waals surface area contributed by atoms with E-state index in [1.54, 1.807) is 0 Å². The van der Waals surface area contributed by atoms with E-state index < -0.39 is 17.9 Å². The second-order valence-corrected chi connectivity index (χ2v) is 2.09. The van der Waals surface area contributed by atoms with Crippen molar-refractivity contribution < 1.29 is 8.78 Å². The Kier molecular flexibility index (Phi) is 2.37. The van der Waals surface area contributed by atoms with E-state index >= 15 is 0 Å². The van der Waals surface area contributed by atoms with Crippen molar-refractivity contribution >= 4 is 0 Å². The van der Waals surface area contributed by atoms with Crippen LogP contribution in [0.4, 0.5) is 8.78 Å². The van der Waals surface area contributed by atoms with Crippen molar-refractivity contribution in [2.24, 2.45) is 0 Å². The van der Waals surface area contributed by atoms with Gasteiger partial charge in [0.15, 0.2) is 0 Å². The molecular formula is C6H7F2N3O. The number of nitrogens with zero attached hydrogens (tertiary/aromatic N) is 2. The van der Waals surface area contributed by atoms with E-state index in [0.717, 1.165) is 4.57 Å². The van der Waals surface area contributed by atoms with Gasteiger partial charge in [-0.1, -0.05) is 6.08 Å². The van der Waals surface area contributed by atoms with Crippen molar-refractivity contribution in [3.05, 3.63) is 29.0 Å². The third-order valence-electron chi connectivity index (χ3n) is 1.29. The molecule has 0 aliphatic rings. The maximum atomic E-state index is 12.1. The summed E-state index contributed by atoms with van der Waals surface area (Å²) in [5.41, 5.74) is -0.648. The predicted octanol–water partition coefficient (Wildman–Crippen LogP) is 0.695. The molecule has 0 aliphatic heterocycles. The molecule has 12 heavy (non-hydrogen) atoms. The van der Waals surface area contributed by atoms with Crippen LogP contribution >= 0.6 is 0 Å². The summed E-state index contributed by atoms with van der Waals surface area (Å²) in [6, 6.07) is 0. The van der Waals surface area contributed by atoms with Gasteiger partial charge in [-0.05, 0) is 0 Å². The smallest absolute Gasteiger partial charge is 0.270 e. The minimum atomic E-state index is -2.75. The van der Waals surface area contributed by atoms with Gasteiger partial charge in [0, 0.05) is 6.54 Å². The summed E-state index contributed by atoms with van der Waals surface area (Å²) in [5.74, 6) is -0.556. The number of alkyl halides is 2. The van der Waals surface area contributed by atoms with Crippen molar-refractivity contribution in [1.82, 2.24) is 14.8 Å². The summed E-state index contributed by atoms with van der Waals surface area (Å²) in [6.45, 7) is 3.37. The van der Waals surface area contributed by atoms with E-state index in [2.05, 4.69) is 11.7 Å². The molecule has 0 aliphatic carbocycles. The molecule has 0 atom stereocenters. The molecule has 1 aromatic rings. The molecule has 0 amide bonds. The van der Waals surface area contributed by atoms with Gasteiger partial charge in [0.25, 0.3) is 6.43 Å².